The fourth-order valence-electron chi connectivity index (χ4n) is 1.71. The molecule has 0 aliphatic heterocycles. The Balaban J connectivity index is 2.45. The number of aryl methyl sites for hydroxylation is 1. The number of nitrogens with zero attached hydrogens (tertiary/aromatic N) is 2. The van der Waals surface area contributed by atoms with Gasteiger partial charge in [0.1, 0.15) is 6.10 Å². The van der Waals surface area contributed by atoms with Gasteiger partial charge in [0, 0.05) is 20.0 Å². The van der Waals surface area contributed by atoms with E-state index in [9.17, 15) is 4.79 Å². The standard InChI is InChI=1S/C12H20N2O4/c1-8(2)11(17-3)12-13-9(18-14-12)6-4-5-7-10(15)16/h8,11H,4-7H2,1-3H3,(H,15,16). The fraction of sp³-hybridized carbons (Fsp3) is 0.750. The predicted molar refractivity (Wildman–Crippen MR) is 64.1 cm³/mol. The highest BCUT2D eigenvalue weighted by molar-refractivity contribution is 5.66. The number of carbonyl (C=O) groups is 1. The summed E-state index contributed by atoms with van der Waals surface area (Å²) in [5.41, 5.74) is 0. The molecule has 0 amide bonds. The van der Waals surface area contributed by atoms with E-state index in [-0.39, 0.29) is 18.4 Å². The van der Waals surface area contributed by atoms with E-state index < -0.39 is 5.97 Å². The number of carboxylic acids is 1. The lowest BCUT2D eigenvalue weighted by molar-refractivity contribution is -0.137. The van der Waals surface area contributed by atoms with Crippen LogP contribution in [-0.2, 0) is 16.0 Å². The minimum Gasteiger partial charge on any atom is -0.481 e. The van der Waals surface area contributed by atoms with Crippen molar-refractivity contribution in [2.24, 2.45) is 5.92 Å². The van der Waals surface area contributed by atoms with E-state index in [0.29, 0.717) is 24.6 Å². The molecule has 0 fully saturated rings. The molecule has 0 radical (unpaired) electrons. The van der Waals surface area contributed by atoms with Crippen molar-refractivity contribution < 1.29 is 19.2 Å². The molecule has 0 saturated heterocycles. The van der Waals surface area contributed by atoms with Crippen molar-refractivity contribution in [3.8, 4) is 0 Å². The van der Waals surface area contributed by atoms with Crippen molar-refractivity contribution in [3.63, 3.8) is 0 Å². The predicted octanol–water partition coefficient (Wildman–Crippen LogP) is 2.21. The van der Waals surface area contributed by atoms with Gasteiger partial charge in [-0.15, -0.1) is 0 Å². The molecule has 0 aliphatic rings. The van der Waals surface area contributed by atoms with Crippen LogP contribution in [0.4, 0.5) is 0 Å². The molecule has 18 heavy (non-hydrogen) atoms. The molecule has 1 heterocycles. The van der Waals surface area contributed by atoms with Crippen LogP contribution in [-0.4, -0.2) is 28.3 Å². The molecule has 0 saturated carbocycles. The van der Waals surface area contributed by atoms with E-state index in [1.165, 1.54) is 0 Å². The van der Waals surface area contributed by atoms with Crippen molar-refractivity contribution in [2.75, 3.05) is 7.11 Å². The van der Waals surface area contributed by atoms with Gasteiger partial charge >= 0.3 is 5.97 Å². The Labute approximate surface area is 106 Å². The largest absolute Gasteiger partial charge is 0.481 e. The molecular formula is C12H20N2O4. The summed E-state index contributed by atoms with van der Waals surface area (Å²) in [5, 5.41) is 12.4. The topological polar surface area (TPSA) is 85.5 Å². The van der Waals surface area contributed by atoms with Gasteiger partial charge in [0.15, 0.2) is 0 Å². The van der Waals surface area contributed by atoms with Crippen LogP contribution in [0.3, 0.4) is 0 Å². The van der Waals surface area contributed by atoms with Gasteiger partial charge in [-0.3, -0.25) is 4.79 Å². The molecule has 1 aromatic rings. The first-order chi connectivity index (χ1) is 8.54. The lowest BCUT2D eigenvalue weighted by atomic mass is 10.1. The average Bonchev–Trinajstić information content (AvgIpc) is 2.73. The lowest BCUT2D eigenvalue weighted by Gasteiger charge is -2.14. The molecule has 6 heteroatoms. The first-order valence-electron chi connectivity index (χ1n) is 6.11. The number of aliphatic carboxylic acids is 1. The monoisotopic (exact) mass is 256 g/mol. The van der Waals surface area contributed by atoms with Crippen LogP contribution in [0.1, 0.15) is 50.9 Å². The van der Waals surface area contributed by atoms with Crippen molar-refractivity contribution in [1.29, 1.82) is 0 Å². The summed E-state index contributed by atoms with van der Waals surface area (Å²) in [6.45, 7) is 4.05. The molecule has 1 N–H and O–H groups in total. The molecule has 0 bridgehead atoms. The number of carboxylic acid groups (broad SMARTS) is 1. The van der Waals surface area contributed by atoms with Crippen molar-refractivity contribution in [2.45, 2.75) is 45.6 Å². The molecule has 1 atom stereocenters. The summed E-state index contributed by atoms with van der Waals surface area (Å²) in [6.07, 6.45) is 1.96. The summed E-state index contributed by atoms with van der Waals surface area (Å²) in [6, 6.07) is 0. The minimum absolute atomic E-state index is 0.165. The summed E-state index contributed by atoms with van der Waals surface area (Å²) >= 11 is 0. The Morgan fingerprint density at radius 2 is 2.17 bits per heavy atom. The third-order valence-electron chi connectivity index (χ3n) is 2.63. The summed E-state index contributed by atoms with van der Waals surface area (Å²) in [5.74, 6) is 0.590. The maximum Gasteiger partial charge on any atom is 0.303 e. The van der Waals surface area contributed by atoms with Crippen molar-refractivity contribution in [1.82, 2.24) is 10.1 Å². The van der Waals surface area contributed by atoms with Crippen molar-refractivity contribution >= 4 is 5.97 Å². The maximum atomic E-state index is 10.3. The average molecular weight is 256 g/mol. The molecule has 6 nitrogen and oxygen atoms in total. The number of hydrogen-bond acceptors (Lipinski definition) is 5. The Kier molecular flexibility index (Phi) is 5.77. The number of unbranched alkanes of at least 4 members (excludes halogenated alkanes) is 1. The number of hydrogen-bond donors (Lipinski definition) is 1. The first kappa shape index (κ1) is 14.6. The van der Waals surface area contributed by atoms with Gasteiger partial charge in [-0.1, -0.05) is 19.0 Å². The number of methoxy groups -OCH3 is 1. The zero-order valence-electron chi connectivity index (χ0n) is 11.0. The second-order valence-corrected chi connectivity index (χ2v) is 4.55. The second kappa shape index (κ2) is 7.10. The second-order valence-electron chi connectivity index (χ2n) is 4.55. The first-order valence-corrected chi connectivity index (χ1v) is 6.11. The van der Waals surface area contributed by atoms with Crippen LogP contribution < -0.4 is 0 Å². The van der Waals surface area contributed by atoms with E-state index >= 15 is 0 Å². The van der Waals surface area contributed by atoms with Gasteiger partial charge in [-0.05, 0) is 18.8 Å². The van der Waals surface area contributed by atoms with Crippen molar-refractivity contribution in [3.05, 3.63) is 11.7 Å². The van der Waals surface area contributed by atoms with Crippen LogP contribution in [0, 0.1) is 5.92 Å². The highest BCUT2D eigenvalue weighted by atomic mass is 16.5. The van der Waals surface area contributed by atoms with Gasteiger partial charge in [-0.25, -0.2) is 0 Å². The van der Waals surface area contributed by atoms with E-state index in [0.717, 1.165) is 6.42 Å². The summed E-state index contributed by atoms with van der Waals surface area (Å²) in [4.78, 5) is 14.6. The molecule has 1 aromatic heterocycles. The Bertz CT molecular complexity index is 376. The number of ether oxygens (including phenoxy) is 1. The zero-order chi connectivity index (χ0) is 13.5. The minimum atomic E-state index is -0.777. The van der Waals surface area contributed by atoms with Gasteiger partial charge in [-0.2, -0.15) is 4.98 Å². The van der Waals surface area contributed by atoms with Crippen LogP contribution in [0.15, 0.2) is 4.52 Å². The quantitative estimate of drug-likeness (QED) is 0.718. The van der Waals surface area contributed by atoms with Crippen LogP contribution >= 0.6 is 0 Å². The third kappa shape index (κ3) is 4.44. The highest BCUT2D eigenvalue weighted by Crippen LogP contribution is 2.22. The Hall–Kier alpha value is -1.43. The van der Waals surface area contributed by atoms with Crippen LogP contribution in [0.2, 0.25) is 0 Å². The van der Waals surface area contributed by atoms with E-state index in [4.69, 9.17) is 14.4 Å². The number of aromatic nitrogens is 2. The van der Waals surface area contributed by atoms with Gasteiger partial charge in [0.2, 0.25) is 11.7 Å². The third-order valence-corrected chi connectivity index (χ3v) is 2.63. The molecule has 1 rings (SSSR count). The molecule has 0 aromatic carbocycles. The highest BCUT2D eigenvalue weighted by Gasteiger charge is 2.21. The SMILES string of the molecule is COC(c1noc(CCCCC(=O)O)n1)C(C)C. The summed E-state index contributed by atoms with van der Waals surface area (Å²) in [7, 11) is 1.62. The van der Waals surface area contributed by atoms with E-state index in [1.54, 1.807) is 7.11 Å². The van der Waals surface area contributed by atoms with Crippen LogP contribution in [0.5, 0.6) is 0 Å². The van der Waals surface area contributed by atoms with Gasteiger partial charge < -0.3 is 14.4 Å². The molecule has 1 unspecified atom stereocenters. The molecule has 0 aliphatic carbocycles. The van der Waals surface area contributed by atoms with Crippen LogP contribution in [0.25, 0.3) is 0 Å². The fourth-order valence-corrected chi connectivity index (χ4v) is 1.71. The van der Waals surface area contributed by atoms with E-state index in [1.807, 2.05) is 13.8 Å². The molecule has 0 spiro atoms. The number of rotatable bonds is 8. The van der Waals surface area contributed by atoms with Gasteiger partial charge in [0.05, 0.1) is 0 Å². The zero-order valence-corrected chi connectivity index (χ0v) is 11.0. The Morgan fingerprint density at radius 1 is 1.44 bits per heavy atom. The lowest BCUT2D eigenvalue weighted by Crippen LogP contribution is -2.10. The van der Waals surface area contributed by atoms with Gasteiger partial charge in [0.25, 0.3) is 0 Å². The summed E-state index contributed by atoms with van der Waals surface area (Å²) < 4.78 is 10.4. The Morgan fingerprint density at radius 3 is 2.72 bits per heavy atom. The van der Waals surface area contributed by atoms with E-state index in [2.05, 4.69) is 10.1 Å². The normalized spacial score (nSPS) is 12.9. The maximum absolute atomic E-state index is 10.3. The smallest absolute Gasteiger partial charge is 0.303 e. The molecular weight excluding hydrogens is 236 g/mol. The molecule has 102 valence electrons.